The van der Waals surface area contributed by atoms with Gasteiger partial charge in [0.25, 0.3) is 0 Å². The van der Waals surface area contributed by atoms with Crippen LogP contribution < -0.4 is 4.90 Å². The summed E-state index contributed by atoms with van der Waals surface area (Å²) in [4.78, 5) is 14.3. The van der Waals surface area contributed by atoms with Crippen molar-refractivity contribution in [2.75, 3.05) is 4.90 Å². The van der Waals surface area contributed by atoms with Crippen molar-refractivity contribution >= 4 is 11.6 Å². The summed E-state index contributed by atoms with van der Waals surface area (Å²) in [6.07, 6.45) is 0.903. The number of rotatable bonds is 1. The van der Waals surface area contributed by atoms with Crippen LogP contribution in [0.3, 0.4) is 0 Å². The predicted molar refractivity (Wildman–Crippen MR) is 95.9 cm³/mol. The van der Waals surface area contributed by atoms with Gasteiger partial charge in [-0.15, -0.1) is 0 Å². The molecular weight excluding hydrogens is 282 g/mol. The van der Waals surface area contributed by atoms with Gasteiger partial charge < -0.3 is 4.90 Å². The zero-order chi connectivity index (χ0) is 16.8. The first-order valence-electron chi connectivity index (χ1n) is 8.23. The first-order valence-corrected chi connectivity index (χ1v) is 8.23. The molecule has 0 aromatic heterocycles. The second kappa shape index (κ2) is 5.23. The zero-order valence-corrected chi connectivity index (χ0v) is 14.7. The minimum atomic E-state index is -0.224. The predicted octanol–water partition coefficient (Wildman–Crippen LogP) is 4.84. The van der Waals surface area contributed by atoms with Crippen molar-refractivity contribution in [3.63, 3.8) is 0 Å². The Morgan fingerprint density at radius 3 is 2.30 bits per heavy atom. The highest BCUT2D eigenvalue weighted by molar-refractivity contribution is 5.95. The number of hydrogen-bond donors (Lipinski definition) is 0. The third kappa shape index (κ3) is 2.46. The van der Waals surface area contributed by atoms with Crippen LogP contribution in [0.25, 0.3) is 0 Å². The molecule has 23 heavy (non-hydrogen) atoms. The molecule has 1 aliphatic heterocycles. The van der Waals surface area contributed by atoms with Crippen LogP contribution in [0.15, 0.2) is 48.5 Å². The van der Waals surface area contributed by atoms with E-state index in [0.717, 1.165) is 12.1 Å². The molecular formula is C21H25NO. The van der Waals surface area contributed by atoms with Gasteiger partial charge in [-0.05, 0) is 44.4 Å². The molecule has 2 aromatic rings. The van der Waals surface area contributed by atoms with Crippen molar-refractivity contribution in [3.05, 3.63) is 65.2 Å². The largest absolute Gasteiger partial charge is 0.307 e. The van der Waals surface area contributed by atoms with Crippen LogP contribution in [0.4, 0.5) is 5.69 Å². The number of nitrogens with zero attached hydrogens (tertiary/aromatic N) is 1. The summed E-state index contributed by atoms with van der Waals surface area (Å²) < 4.78 is 0. The summed E-state index contributed by atoms with van der Waals surface area (Å²) in [6, 6.07) is 17.1. The number of amides is 1. The molecule has 1 atom stereocenters. The first-order chi connectivity index (χ1) is 10.8. The molecule has 120 valence electrons. The molecule has 1 amide bonds. The Morgan fingerprint density at radius 2 is 1.70 bits per heavy atom. The highest BCUT2D eigenvalue weighted by atomic mass is 16.2. The van der Waals surface area contributed by atoms with Gasteiger partial charge in [0, 0.05) is 23.6 Å². The molecule has 0 bridgehead atoms. The van der Waals surface area contributed by atoms with Gasteiger partial charge in [0.2, 0.25) is 5.91 Å². The van der Waals surface area contributed by atoms with E-state index in [0.29, 0.717) is 0 Å². The second-order valence-electron chi connectivity index (χ2n) is 7.56. The van der Waals surface area contributed by atoms with E-state index in [1.54, 1.807) is 6.92 Å². The summed E-state index contributed by atoms with van der Waals surface area (Å²) in [5.74, 6) is 0.107. The lowest BCUT2D eigenvalue weighted by Crippen LogP contribution is -2.55. The van der Waals surface area contributed by atoms with Gasteiger partial charge in [0.05, 0.1) is 0 Å². The molecule has 0 unspecified atom stereocenters. The second-order valence-corrected chi connectivity index (χ2v) is 7.56. The molecule has 0 saturated heterocycles. The van der Waals surface area contributed by atoms with Crippen molar-refractivity contribution in [1.82, 2.24) is 0 Å². The Balaban J connectivity index is 2.30. The van der Waals surface area contributed by atoms with Crippen molar-refractivity contribution < 1.29 is 4.79 Å². The molecule has 0 aliphatic carbocycles. The molecule has 0 radical (unpaired) electrons. The number of carbonyl (C=O) groups is 1. The van der Waals surface area contributed by atoms with Gasteiger partial charge >= 0.3 is 0 Å². The maximum Gasteiger partial charge on any atom is 0.224 e. The standard InChI is InChI=1S/C21H25NO/c1-15-11-12-19-18(13-15)21(5,17-9-7-6-8-10-17)14-20(3,4)22(19)16(2)23/h6-13H,14H2,1-5H3/t21-/m1/s1. The SMILES string of the molecule is CC(=O)N1c2ccc(C)cc2[C@@](C)(c2ccccc2)CC1(C)C. The molecule has 1 heterocycles. The van der Waals surface area contributed by atoms with Crippen LogP contribution in [0.1, 0.15) is 50.8 Å². The van der Waals surface area contributed by atoms with Crippen LogP contribution in [0.5, 0.6) is 0 Å². The Bertz CT molecular complexity index is 748. The van der Waals surface area contributed by atoms with Gasteiger partial charge in [-0.1, -0.05) is 55.0 Å². The molecule has 3 rings (SSSR count). The summed E-state index contributed by atoms with van der Waals surface area (Å²) in [5, 5.41) is 0. The Kier molecular flexibility index (Phi) is 3.59. The quantitative estimate of drug-likeness (QED) is 0.738. The van der Waals surface area contributed by atoms with E-state index in [4.69, 9.17) is 0 Å². The van der Waals surface area contributed by atoms with Crippen LogP contribution in [0.2, 0.25) is 0 Å². The van der Waals surface area contributed by atoms with E-state index in [1.807, 2.05) is 4.90 Å². The lowest BCUT2D eigenvalue weighted by atomic mass is 9.65. The topological polar surface area (TPSA) is 20.3 Å². The van der Waals surface area contributed by atoms with Gasteiger partial charge in [0.15, 0.2) is 0 Å². The van der Waals surface area contributed by atoms with Gasteiger partial charge in [-0.25, -0.2) is 0 Å². The molecule has 1 aliphatic rings. The number of benzene rings is 2. The van der Waals surface area contributed by atoms with Crippen molar-refractivity contribution in [1.29, 1.82) is 0 Å². The minimum absolute atomic E-state index is 0.0991. The van der Waals surface area contributed by atoms with E-state index < -0.39 is 0 Å². The fourth-order valence-electron chi connectivity index (χ4n) is 4.31. The number of fused-ring (bicyclic) bond motifs is 1. The third-order valence-corrected chi connectivity index (χ3v) is 5.10. The maximum absolute atomic E-state index is 12.3. The minimum Gasteiger partial charge on any atom is -0.307 e. The molecule has 2 aromatic carbocycles. The van der Waals surface area contributed by atoms with Gasteiger partial charge in [-0.3, -0.25) is 4.79 Å². The molecule has 0 fully saturated rings. The van der Waals surface area contributed by atoms with Crippen molar-refractivity contribution in [3.8, 4) is 0 Å². The number of aryl methyl sites for hydroxylation is 1. The van der Waals surface area contributed by atoms with Crippen molar-refractivity contribution in [2.45, 2.75) is 52.0 Å². The zero-order valence-electron chi connectivity index (χ0n) is 14.7. The lowest BCUT2D eigenvalue weighted by Gasteiger charge is -2.51. The third-order valence-electron chi connectivity index (χ3n) is 5.10. The Hall–Kier alpha value is -2.09. The highest BCUT2D eigenvalue weighted by Gasteiger charge is 2.46. The first kappa shape index (κ1) is 15.8. The summed E-state index contributed by atoms with van der Waals surface area (Å²) in [5.41, 5.74) is 4.51. The van der Waals surface area contributed by atoms with E-state index >= 15 is 0 Å². The molecule has 0 saturated carbocycles. The summed E-state index contributed by atoms with van der Waals surface area (Å²) >= 11 is 0. The van der Waals surface area contributed by atoms with E-state index in [1.165, 1.54) is 16.7 Å². The van der Waals surface area contributed by atoms with E-state index in [-0.39, 0.29) is 16.9 Å². The van der Waals surface area contributed by atoms with Crippen LogP contribution in [-0.2, 0) is 10.2 Å². The number of carbonyl (C=O) groups excluding carboxylic acids is 1. The normalized spacial score (nSPS) is 22.6. The fraction of sp³-hybridized carbons (Fsp3) is 0.381. The van der Waals surface area contributed by atoms with Crippen molar-refractivity contribution in [2.24, 2.45) is 0 Å². The Labute approximate surface area is 139 Å². The van der Waals surface area contributed by atoms with Crippen LogP contribution in [-0.4, -0.2) is 11.4 Å². The van der Waals surface area contributed by atoms with E-state index in [2.05, 4.69) is 76.2 Å². The highest BCUT2D eigenvalue weighted by Crippen LogP contribution is 2.50. The number of anilines is 1. The lowest BCUT2D eigenvalue weighted by molar-refractivity contribution is -0.117. The van der Waals surface area contributed by atoms with Gasteiger partial charge in [-0.2, -0.15) is 0 Å². The monoisotopic (exact) mass is 307 g/mol. The smallest absolute Gasteiger partial charge is 0.224 e. The molecule has 2 nitrogen and oxygen atoms in total. The van der Waals surface area contributed by atoms with E-state index in [9.17, 15) is 4.79 Å². The summed E-state index contributed by atoms with van der Waals surface area (Å²) in [7, 11) is 0. The average molecular weight is 307 g/mol. The van der Waals surface area contributed by atoms with Crippen LogP contribution >= 0.6 is 0 Å². The molecule has 2 heteroatoms. The summed E-state index contributed by atoms with van der Waals surface area (Å²) in [6.45, 7) is 10.4. The van der Waals surface area contributed by atoms with Gasteiger partial charge in [0.1, 0.15) is 0 Å². The fourth-order valence-corrected chi connectivity index (χ4v) is 4.31. The molecule has 0 spiro atoms. The average Bonchev–Trinajstić information content (AvgIpc) is 2.48. The maximum atomic E-state index is 12.3. The van der Waals surface area contributed by atoms with Crippen LogP contribution in [0, 0.1) is 6.92 Å². The molecule has 0 N–H and O–H groups in total. The number of hydrogen-bond acceptors (Lipinski definition) is 1. The Morgan fingerprint density at radius 1 is 1.04 bits per heavy atom.